The third kappa shape index (κ3) is 1.43. The topological polar surface area (TPSA) is 42.7 Å². The van der Waals surface area contributed by atoms with Crippen LogP contribution in [0.1, 0.15) is 17.2 Å². The molecule has 0 saturated heterocycles. The van der Waals surface area contributed by atoms with E-state index in [0.717, 1.165) is 13.1 Å². The van der Waals surface area contributed by atoms with Crippen LogP contribution in [0.2, 0.25) is 0 Å². The van der Waals surface area contributed by atoms with Gasteiger partial charge in [-0.2, -0.15) is 5.10 Å². The van der Waals surface area contributed by atoms with Gasteiger partial charge in [0.25, 0.3) is 0 Å². The number of nitrogens with one attached hydrogen (secondary N) is 1. The van der Waals surface area contributed by atoms with Crippen LogP contribution < -0.4 is 5.32 Å². The van der Waals surface area contributed by atoms with E-state index in [1.807, 2.05) is 4.68 Å². The van der Waals surface area contributed by atoms with Crippen LogP contribution in [0.4, 0.5) is 0 Å². The van der Waals surface area contributed by atoms with E-state index in [1.54, 1.807) is 12.7 Å². The zero-order valence-corrected chi connectivity index (χ0v) is 8.30. The average Bonchev–Trinajstić information content (AvgIpc) is 2.82. The van der Waals surface area contributed by atoms with E-state index in [1.165, 1.54) is 11.1 Å². The molecule has 0 fully saturated rings. The molecular weight excluding hydrogens is 188 g/mol. The Morgan fingerprint density at radius 3 is 3.13 bits per heavy atom. The Bertz CT molecular complexity index is 449. The summed E-state index contributed by atoms with van der Waals surface area (Å²) in [5.41, 5.74) is 2.70. The molecular formula is C11H12N4. The molecule has 1 aliphatic heterocycles. The average molecular weight is 200 g/mol. The van der Waals surface area contributed by atoms with Gasteiger partial charge in [-0.25, -0.2) is 9.67 Å². The maximum Gasteiger partial charge on any atom is 0.137 e. The summed E-state index contributed by atoms with van der Waals surface area (Å²) in [5.74, 6) is 0. The van der Waals surface area contributed by atoms with E-state index in [2.05, 4.69) is 39.7 Å². The van der Waals surface area contributed by atoms with Gasteiger partial charge in [0.1, 0.15) is 12.7 Å². The van der Waals surface area contributed by atoms with Crippen LogP contribution in [0.3, 0.4) is 0 Å². The highest BCUT2D eigenvalue weighted by atomic mass is 15.3. The van der Waals surface area contributed by atoms with E-state index in [-0.39, 0.29) is 6.04 Å². The molecule has 0 radical (unpaired) electrons. The number of hydrogen-bond donors (Lipinski definition) is 1. The summed E-state index contributed by atoms with van der Waals surface area (Å²) in [6, 6.07) is 8.75. The molecule has 1 unspecified atom stereocenters. The van der Waals surface area contributed by atoms with Crippen molar-refractivity contribution in [2.75, 3.05) is 6.54 Å². The third-order valence-electron chi connectivity index (χ3n) is 2.82. The van der Waals surface area contributed by atoms with Crippen molar-refractivity contribution in [3.63, 3.8) is 0 Å². The summed E-state index contributed by atoms with van der Waals surface area (Å²) in [6.07, 6.45) is 3.35. The first-order valence-electron chi connectivity index (χ1n) is 5.08. The minimum Gasteiger partial charge on any atom is -0.310 e. The van der Waals surface area contributed by atoms with Crippen molar-refractivity contribution in [2.24, 2.45) is 0 Å². The molecule has 1 atom stereocenters. The standard InChI is InChI=1S/C11H12N4/c1-2-4-10-9(3-1)5-12-6-11(10)15-8-13-7-14-15/h1-4,7-8,11-12H,5-6H2. The lowest BCUT2D eigenvalue weighted by atomic mass is 9.97. The molecule has 0 aliphatic carbocycles. The molecule has 1 aromatic heterocycles. The second-order valence-electron chi connectivity index (χ2n) is 3.72. The fourth-order valence-corrected chi connectivity index (χ4v) is 2.09. The minimum absolute atomic E-state index is 0.275. The molecule has 0 amide bonds. The number of aromatic nitrogens is 3. The van der Waals surface area contributed by atoms with Crippen molar-refractivity contribution in [2.45, 2.75) is 12.6 Å². The zero-order valence-electron chi connectivity index (χ0n) is 8.30. The van der Waals surface area contributed by atoms with Gasteiger partial charge in [0, 0.05) is 13.1 Å². The van der Waals surface area contributed by atoms with Crippen LogP contribution in [0.5, 0.6) is 0 Å². The first kappa shape index (κ1) is 8.61. The lowest BCUT2D eigenvalue weighted by Crippen LogP contribution is -2.32. The molecule has 2 aromatic rings. The first-order chi connectivity index (χ1) is 7.45. The highest BCUT2D eigenvalue weighted by Crippen LogP contribution is 2.23. The molecule has 4 nitrogen and oxygen atoms in total. The Balaban J connectivity index is 2.06. The van der Waals surface area contributed by atoms with E-state index in [4.69, 9.17) is 0 Å². The van der Waals surface area contributed by atoms with Crippen LogP contribution in [-0.4, -0.2) is 21.3 Å². The van der Waals surface area contributed by atoms with Gasteiger partial charge in [0.2, 0.25) is 0 Å². The summed E-state index contributed by atoms with van der Waals surface area (Å²) in [5, 5.41) is 7.60. The Labute approximate surface area is 88.0 Å². The highest BCUT2D eigenvalue weighted by Gasteiger charge is 2.20. The van der Waals surface area contributed by atoms with Crippen molar-refractivity contribution in [3.8, 4) is 0 Å². The first-order valence-corrected chi connectivity index (χ1v) is 5.08. The number of fused-ring (bicyclic) bond motifs is 1. The quantitative estimate of drug-likeness (QED) is 0.746. The number of hydrogen-bond acceptors (Lipinski definition) is 3. The molecule has 1 N–H and O–H groups in total. The SMILES string of the molecule is c1ccc2c(c1)CNCC2n1cncn1. The van der Waals surface area contributed by atoms with Crippen molar-refractivity contribution < 1.29 is 0 Å². The highest BCUT2D eigenvalue weighted by molar-refractivity contribution is 5.32. The molecule has 2 heterocycles. The van der Waals surface area contributed by atoms with E-state index in [9.17, 15) is 0 Å². The van der Waals surface area contributed by atoms with Gasteiger partial charge < -0.3 is 5.32 Å². The lowest BCUT2D eigenvalue weighted by Gasteiger charge is -2.26. The molecule has 0 spiro atoms. The van der Waals surface area contributed by atoms with Crippen molar-refractivity contribution in [3.05, 3.63) is 48.0 Å². The number of benzene rings is 1. The second kappa shape index (κ2) is 3.47. The summed E-state index contributed by atoms with van der Waals surface area (Å²) in [6.45, 7) is 1.86. The Kier molecular flexibility index (Phi) is 1.99. The van der Waals surface area contributed by atoms with Gasteiger partial charge in [-0.1, -0.05) is 24.3 Å². The zero-order chi connectivity index (χ0) is 10.1. The molecule has 0 bridgehead atoms. The predicted molar refractivity (Wildman–Crippen MR) is 56.3 cm³/mol. The number of nitrogens with zero attached hydrogens (tertiary/aromatic N) is 3. The Morgan fingerprint density at radius 2 is 2.27 bits per heavy atom. The summed E-state index contributed by atoms with van der Waals surface area (Å²) < 4.78 is 1.91. The van der Waals surface area contributed by atoms with Gasteiger partial charge >= 0.3 is 0 Å². The van der Waals surface area contributed by atoms with Crippen LogP contribution in [0.25, 0.3) is 0 Å². The normalized spacial score (nSPS) is 19.9. The summed E-state index contributed by atoms with van der Waals surface area (Å²) in [4.78, 5) is 3.99. The maximum absolute atomic E-state index is 4.20. The minimum atomic E-state index is 0.275. The summed E-state index contributed by atoms with van der Waals surface area (Å²) >= 11 is 0. The maximum atomic E-state index is 4.20. The van der Waals surface area contributed by atoms with Gasteiger partial charge in [-0.15, -0.1) is 0 Å². The van der Waals surface area contributed by atoms with E-state index >= 15 is 0 Å². The Morgan fingerprint density at radius 1 is 1.33 bits per heavy atom. The van der Waals surface area contributed by atoms with E-state index < -0.39 is 0 Å². The smallest absolute Gasteiger partial charge is 0.137 e. The predicted octanol–water partition coefficient (Wildman–Crippen LogP) is 0.971. The van der Waals surface area contributed by atoms with Crippen LogP contribution in [-0.2, 0) is 6.54 Å². The molecule has 4 heteroatoms. The largest absolute Gasteiger partial charge is 0.310 e. The van der Waals surface area contributed by atoms with Crippen LogP contribution in [0, 0.1) is 0 Å². The summed E-state index contributed by atoms with van der Waals surface area (Å²) in [7, 11) is 0. The molecule has 1 aliphatic rings. The van der Waals surface area contributed by atoms with Crippen molar-refractivity contribution >= 4 is 0 Å². The third-order valence-corrected chi connectivity index (χ3v) is 2.82. The second-order valence-corrected chi connectivity index (χ2v) is 3.72. The fourth-order valence-electron chi connectivity index (χ4n) is 2.09. The Hall–Kier alpha value is -1.68. The van der Waals surface area contributed by atoms with Crippen LogP contribution >= 0.6 is 0 Å². The monoisotopic (exact) mass is 200 g/mol. The fraction of sp³-hybridized carbons (Fsp3) is 0.273. The van der Waals surface area contributed by atoms with Gasteiger partial charge in [-0.3, -0.25) is 0 Å². The molecule has 0 saturated carbocycles. The molecule has 15 heavy (non-hydrogen) atoms. The van der Waals surface area contributed by atoms with E-state index in [0.29, 0.717) is 0 Å². The molecule has 76 valence electrons. The van der Waals surface area contributed by atoms with Gasteiger partial charge in [-0.05, 0) is 11.1 Å². The van der Waals surface area contributed by atoms with Crippen molar-refractivity contribution in [1.29, 1.82) is 0 Å². The van der Waals surface area contributed by atoms with Crippen molar-refractivity contribution in [1.82, 2.24) is 20.1 Å². The van der Waals surface area contributed by atoms with Crippen LogP contribution in [0.15, 0.2) is 36.9 Å². The molecule has 1 aromatic carbocycles. The van der Waals surface area contributed by atoms with Gasteiger partial charge in [0.15, 0.2) is 0 Å². The number of rotatable bonds is 1. The van der Waals surface area contributed by atoms with Gasteiger partial charge in [0.05, 0.1) is 6.04 Å². The lowest BCUT2D eigenvalue weighted by molar-refractivity contribution is 0.451. The molecule has 3 rings (SSSR count).